The summed E-state index contributed by atoms with van der Waals surface area (Å²) in [5, 5.41) is 3.47. The van der Waals surface area contributed by atoms with Crippen molar-refractivity contribution in [1.29, 1.82) is 0 Å². The molecule has 4 nitrogen and oxygen atoms in total. The highest BCUT2D eigenvalue weighted by Crippen LogP contribution is 2.46. The maximum absolute atomic E-state index is 13.5. The van der Waals surface area contributed by atoms with Gasteiger partial charge >= 0.3 is 0 Å². The fraction of sp³-hybridized carbons (Fsp3) is 0.500. The van der Waals surface area contributed by atoms with Crippen LogP contribution in [0.4, 0.5) is 0 Å². The number of nitrogens with one attached hydrogen (secondary N) is 1. The van der Waals surface area contributed by atoms with Gasteiger partial charge in [-0.05, 0) is 43.6 Å². The third kappa shape index (κ3) is 3.41. The number of hydrogen-bond acceptors (Lipinski definition) is 3. The van der Waals surface area contributed by atoms with Gasteiger partial charge in [0.05, 0.1) is 0 Å². The summed E-state index contributed by atoms with van der Waals surface area (Å²) in [6.07, 6.45) is 4.66. The number of carbonyl (C=O) groups excluding carboxylic acids is 2. The predicted octanol–water partition coefficient (Wildman–Crippen LogP) is 4.30. The van der Waals surface area contributed by atoms with Crippen LogP contribution in [-0.4, -0.2) is 29.7 Å². The first kappa shape index (κ1) is 19.0. The molecule has 2 aliphatic heterocycles. The van der Waals surface area contributed by atoms with Crippen LogP contribution in [-0.2, 0) is 9.59 Å². The molecule has 4 heteroatoms. The lowest BCUT2D eigenvalue weighted by Gasteiger charge is -2.41. The number of ketones is 1. The lowest BCUT2D eigenvalue weighted by Crippen LogP contribution is -2.43. The number of dihydropyridines is 1. The molecule has 1 amide bonds. The Morgan fingerprint density at radius 1 is 1.07 bits per heavy atom. The lowest BCUT2D eigenvalue weighted by molar-refractivity contribution is -0.128. The number of likely N-dealkylation sites (tertiary alicyclic amines) is 1. The van der Waals surface area contributed by atoms with Gasteiger partial charge in [-0.1, -0.05) is 44.2 Å². The highest BCUT2D eigenvalue weighted by atomic mass is 16.2. The number of benzene rings is 1. The summed E-state index contributed by atoms with van der Waals surface area (Å²) in [5.74, 6) is -0.0118. The van der Waals surface area contributed by atoms with Crippen LogP contribution < -0.4 is 5.32 Å². The third-order valence-electron chi connectivity index (χ3n) is 6.25. The number of nitrogens with zero attached hydrogens (tertiary/aromatic N) is 1. The molecule has 1 saturated heterocycles. The first-order chi connectivity index (χ1) is 13.4. The first-order valence-corrected chi connectivity index (χ1v) is 10.5. The van der Waals surface area contributed by atoms with E-state index < -0.39 is 0 Å². The maximum Gasteiger partial charge on any atom is 0.252 e. The SMILES string of the molecule is CC1=C(C(=O)N2CCCCC2)C(c2ccccc2)C2=C(CC(C)(C)CC2=O)N1. The molecule has 0 spiro atoms. The summed E-state index contributed by atoms with van der Waals surface area (Å²) < 4.78 is 0. The molecule has 1 aliphatic carbocycles. The van der Waals surface area contributed by atoms with Gasteiger partial charge in [0.1, 0.15) is 0 Å². The van der Waals surface area contributed by atoms with Gasteiger partial charge < -0.3 is 10.2 Å². The quantitative estimate of drug-likeness (QED) is 0.835. The predicted molar refractivity (Wildman–Crippen MR) is 110 cm³/mol. The first-order valence-electron chi connectivity index (χ1n) is 10.5. The van der Waals surface area contributed by atoms with E-state index in [0.717, 1.165) is 60.5 Å². The Morgan fingerprint density at radius 3 is 2.43 bits per heavy atom. The molecule has 4 rings (SSSR count). The van der Waals surface area contributed by atoms with Crippen molar-refractivity contribution in [2.45, 2.75) is 58.8 Å². The third-order valence-corrected chi connectivity index (χ3v) is 6.25. The van der Waals surface area contributed by atoms with Crippen LogP contribution in [0.5, 0.6) is 0 Å². The zero-order valence-electron chi connectivity index (χ0n) is 17.2. The van der Waals surface area contributed by atoms with E-state index in [4.69, 9.17) is 0 Å². The van der Waals surface area contributed by atoms with Crippen molar-refractivity contribution in [2.24, 2.45) is 5.41 Å². The molecule has 0 radical (unpaired) electrons. The molecule has 28 heavy (non-hydrogen) atoms. The average Bonchev–Trinajstić information content (AvgIpc) is 2.67. The Labute approximate surface area is 167 Å². The fourth-order valence-electron chi connectivity index (χ4n) is 4.97. The van der Waals surface area contributed by atoms with Crippen molar-refractivity contribution in [1.82, 2.24) is 10.2 Å². The molecular weight excluding hydrogens is 348 g/mol. The van der Waals surface area contributed by atoms with Crippen LogP contribution >= 0.6 is 0 Å². The Bertz CT molecular complexity index is 858. The van der Waals surface area contributed by atoms with E-state index in [9.17, 15) is 9.59 Å². The van der Waals surface area contributed by atoms with E-state index in [1.54, 1.807) is 0 Å². The van der Waals surface area contributed by atoms with Gasteiger partial charge in [0, 0.05) is 48.0 Å². The Hall–Kier alpha value is -2.36. The molecule has 148 valence electrons. The van der Waals surface area contributed by atoms with E-state index in [2.05, 4.69) is 19.2 Å². The molecule has 1 fully saturated rings. The van der Waals surface area contributed by atoms with Gasteiger partial charge in [0.25, 0.3) is 5.91 Å². The second-order valence-corrected chi connectivity index (χ2v) is 9.19. The van der Waals surface area contributed by atoms with Crippen molar-refractivity contribution < 1.29 is 9.59 Å². The van der Waals surface area contributed by atoms with Crippen molar-refractivity contribution >= 4 is 11.7 Å². The zero-order valence-corrected chi connectivity index (χ0v) is 17.2. The number of rotatable bonds is 2. The van der Waals surface area contributed by atoms with Crippen LogP contribution in [0.15, 0.2) is 52.9 Å². The van der Waals surface area contributed by atoms with E-state index in [0.29, 0.717) is 6.42 Å². The molecule has 1 aromatic carbocycles. The molecule has 0 aromatic heterocycles. The Kier molecular flexibility index (Phi) is 4.90. The number of Topliss-reactive ketones (excluding diaryl/α,β-unsaturated/α-hetero) is 1. The summed E-state index contributed by atoms with van der Waals surface area (Å²) >= 11 is 0. The molecule has 2 heterocycles. The largest absolute Gasteiger partial charge is 0.362 e. The highest BCUT2D eigenvalue weighted by Gasteiger charge is 2.43. The van der Waals surface area contributed by atoms with Crippen LogP contribution in [0.25, 0.3) is 0 Å². The standard InChI is InChI=1S/C24H30N2O2/c1-16-20(23(28)26-12-8-5-9-13-26)21(17-10-6-4-7-11-17)22-18(25-16)14-24(2,3)15-19(22)27/h4,6-7,10-11,21,25H,5,8-9,12-15H2,1-3H3. The van der Waals surface area contributed by atoms with Crippen LogP contribution in [0.2, 0.25) is 0 Å². The van der Waals surface area contributed by atoms with Crippen LogP contribution in [0.1, 0.15) is 64.4 Å². The minimum atomic E-state index is -0.268. The van der Waals surface area contributed by atoms with Gasteiger partial charge in [0.2, 0.25) is 0 Å². The average molecular weight is 379 g/mol. The van der Waals surface area contributed by atoms with E-state index >= 15 is 0 Å². The van der Waals surface area contributed by atoms with E-state index in [-0.39, 0.29) is 23.0 Å². The van der Waals surface area contributed by atoms with Crippen molar-refractivity contribution in [2.75, 3.05) is 13.1 Å². The minimum absolute atomic E-state index is 0.0567. The Balaban J connectivity index is 1.81. The van der Waals surface area contributed by atoms with Crippen molar-refractivity contribution in [3.63, 3.8) is 0 Å². The zero-order chi connectivity index (χ0) is 19.9. The number of carbonyl (C=O) groups is 2. The van der Waals surface area contributed by atoms with Crippen molar-refractivity contribution in [3.05, 3.63) is 58.4 Å². The van der Waals surface area contributed by atoms with Crippen LogP contribution in [0, 0.1) is 5.41 Å². The summed E-state index contributed by atoms with van der Waals surface area (Å²) in [4.78, 5) is 28.8. The van der Waals surface area contributed by atoms with Gasteiger partial charge in [-0.15, -0.1) is 0 Å². The van der Waals surface area contributed by atoms with Crippen LogP contribution in [0.3, 0.4) is 0 Å². The Morgan fingerprint density at radius 2 is 1.75 bits per heavy atom. The second-order valence-electron chi connectivity index (χ2n) is 9.19. The normalized spacial score (nSPS) is 24.8. The molecule has 0 bridgehead atoms. The van der Waals surface area contributed by atoms with Gasteiger partial charge in [-0.25, -0.2) is 0 Å². The molecule has 1 unspecified atom stereocenters. The van der Waals surface area contributed by atoms with Crippen molar-refractivity contribution in [3.8, 4) is 0 Å². The number of allylic oxidation sites excluding steroid dienone is 3. The summed E-state index contributed by atoms with van der Waals surface area (Å²) in [5.41, 5.74) is 4.43. The maximum atomic E-state index is 13.5. The molecule has 1 aromatic rings. The summed E-state index contributed by atoms with van der Waals surface area (Å²) in [6, 6.07) is 10.1. The lowest BCUT2D eigenvalue weighted by atomic mass is 9.68. The number of hydrogen-bond donors (Lipinski definition) is 1. The molecule has 1 atom stereocenters. The topological polar surface area (TPSA) is 49.4 Å². The molecule has 3 aliphatic rings. The highest BCUT2D eigenvalue weighted by molar-refractivity contribution is 6.05. The van der Waals surface area contributed by atoms with E-state index in [1.807, 2.05) is 42.2 Å². The summed E-state index contributed by atoms with van der Waals surface area (Å²) in [6.45, 7) is 7.89. The van der Waals surface area contributed by atoms with E-state index in [1.165, 1.54) is 6.42 Å². The second kappa shape index (κ2) is 7.23. The van der Waals surface area contributed by atoms with Gasteiger partial charge in [-0.3, -0.25) is 9.59 Å². The minimum Gasteiger partial charge on any atom is -0.362 e. The smallest absolute Gasteiger partial charge is 0.252 e. The number of piperidine rings is 1. The number of amides is 1. The monoisotopic (exact) mass is 378 g/mol. The molecule has 0 saturated carbocycles. The molecule has 1 N–H and O–H groups in total. The molecular formula is C24H30N2O2. The van der Waals surface area contributed by atoms with Gasteiger partial charge in [0.15, 0.2) is 5.78 Å². The summed E-state index contributed by atoms with van der Waals surface area (Å²) in [7, 11) is 0. The van der Waals surface area contributed by atoms with Gasteiger partial charge in [-0.2, -0.15) is 0 Å². The fourth-order valence-corrected chi connectivity index (χ4v) is 4.97.